The lowest BCUT2D eigenvalue weighted by molar-refractivity contribution is -0.140. The van der Waals surface area contributed by atoms with Gasteiger partial charge in [-0.15, -0.1) is 0 Å². The van der Waals surface area contributed by atoms with Gasteiger partial charge in [0.1, 0.15) is 0 Å². The van der Waals surface area contributed by atoms with Gasteiger partial charge in [0.15, 0.2) is 0 Å². The quantitative estimate of drug-likeness (QED) is 0.602. The average Bonchev–Trinajstić information content (AvgIpc) is 2.19. The number of hydrogen-bond donors (Lipinski definition) is 2. The van der Waals surface area contributed by atoms with E-state index in [4.69, 9.17) is 0 Å². The SMILES string of the molecule is COC(=O)CCNC1CCNCC1. The lowest BCUT2D eigenvalue weighted by Crippen LogP contribution is -2.40. The van der Waals surface area contributed by atoms with Crippen molar-refractivity contribution in [1.29, 1.82) is 0 Å². The third-order valence-electron chi connectivity index (χ3n) is 2.33. The summed E-state index contributed by atoms with van der Waals surface area (Å²) >= 11 is 0. The van der Waals surface area contributed by atoms with Crippen LogP contribution in [0.25, 0.3) is 0 Å². The summed E-state index contributed by atoms with van der Waals surface area (Å²) in [5, 5.41) is 6.64. The Balaban J connectivity index is 2.01. The van der Waals surface area contributed by atoms with E-state index in [-0.39, 0.29) is 5.97 Å². The van der Waals surface area contributed by atoms with Gasteiger partial charge in [0.25, 0.3) is 0 Å². The van der Waals surface area contributed by atoms with Crippen molar-refractivity contribution >= 4 is 5.97 Å². The van der Waals surface area contributed by atoms with Crippen LogP contribution < -0.4 is 10.6 Å². The molecule has 0 radical (unpaired) electrons. The molecule has 4 heteroatoms. The molecule has 0 unspecified atom stereocenters. The van der Waals surface area contributed by atoms with Gasteiger partial charge >= 0.3 is 5.97 Å². The van der Waals surface area contributed by atoms with Gasteiger partial charge in [0, 0.05) is 12.6 Å². The minimum absolute atomic E-state index is 0.138. The Morgan fingerprint density at radius 1 is 1.54 bits per heavy atom. The van der Waals surface area contributed by atoms with Crippen LogP contribution >= 0.6 is 0 Å². The number of carbonyl (C=O) groups excluding carboxylic acids is 1. The van der Waals surface area contributed by atoms with E-state index >= 15 is 0 Å². The van der Waals surface area contributed by atoms with Gasteiger partial charge < -0.3 is 15.4 Å². The molecule has 1 aliphatic rings. The first-order chi connectivity index (χ1) is 6.33. The van der Waals surface area contributed by atoms with Crippen molar-refractivity contribution in [2.24, 2.45) is 0 Å². The summed E-state index contributed by atoms with van der Waals surface area (Å²) in [5.41, 5.74) is 0. The van der Waals surface area contributed by atoms with Crippen molar-refractivity contribution in [3.63, 3.8) is 0 Å². The predicted octanol–water partition coefficient (Wildman–Crippen LogP) is -0.109. The molecular formula is C9H18N2O2. The molecule has 1 fully saturated rings. The van der Waals surface area contributed by atoms with Crippen LogP contribution in [0.1, 0.15) is 19.3 Å². The zero-order valence-electron chi connectivity index (χ0n) is 8.14. The molecule has 13 heavy (non-hydrogen) atoms. The van der Waals surface area contributed by atoms with Crippen LogP contribution in [0.2, 0.25) is 0 Å². The monoisotopic (exact) mass is 186 g/mol. The summed E-state index contributed by atoms with van der Waals surface area (Å²) in [5.74, 6) is -0.138. The first kappa shape index (κ1) is 10.5. The lowest BCUT2D eigenvalue weighted by Gasteiger charge is -2.23. The minimum Gasteiger partial charge on any atom is -0.469 e. The Kier molecular flexibility index (Phi) is 4.78. The molecule has 0 aliphatic carbocycles. The molecule has 1 aliphatic heterocycles. The summed E-state index contributed by atoms with van der Waals surface area (Å²) < 4.78 is 4.55. The maximum atomic E-state index is 10.8. The number of methoxy groups -OCH3 is 1. The van der Waals surface area contributed by atoms with Crippen molar-refractivity contribution in [1.82, 2.24) is 10.6 Å². The first-order valence-corrected chi connectivity index (χ1v) is 4.84. The lowest BCUT2D eigenvalue weighted by atomic mass is 10.1. The predicted molar refractivity (Wildman–Crippen MR) is 50.5 cm³/mol. The summed E-state index contributed by atoms with van der Waals surface area (Å²) in [6, 6.07) is 0.575. The number of nitrogens with one attached hydrogen (secondary N) is 2. The largest absolute Gasteiger partial charge is 0.469 e. The molecule has 1 saturated heterocycles. The van der Waals surface area contributed by atoms with Gasteiger partial charge in [-0.1, -0.05) is 0 Å². The van der Waals surface area contributed by atoms with E-state index in [1.54, 1.807) is 0 Å². The molecule has 0 atom stereocenters. The first-order valence-electron chi connectivity index (χ1n) is 4.84. The molecule has 4 nitrogen and oxygen atoms in total. The third-order valence-corrected chi connectivity index (χ3v) is 2.33. The maximum absolute atomic E-state index is 10.8. The molecular weight excluding hydrogens is 168 g/mol. The van der Waals surface area contributed by atoms with Crippen LogP contribution in [-0.4, -0.2) is 38.8 Å². The van der Waals surface area contributed by atoms with Crippen molar-refractivity contribution in [2.45, 2.75) is 25.3 Å². The Morgan fingerprint density at radius 2 is 2.23 bits per heavy atom. The average molecular weight is 186 g/mol. The number of rotatable bonds is 4. The van der Waals surface area contributed by atoms with Crippen LogP contribution in [0.3, 0.4) is 0 Å². The molecule has 0 saturated carbocycles. The molecule has 0 bridgehead atoms. The Labute approximate surface area is 79.0 Å². The standard InChI is InChI=1S/C9H18N2O2/c1-13-9(12)4-7-11-8-2-5-10-6-3-8/h8,10-11H,2-7H2,1H3. The molecule has 2 N–H and O–H groups in total. The van der Waals surface area contributed by atoms with E-state index in [0.717, 1.165) is 32.5 Å². The van der Waals surface area contributed by atoms with E-state index in [1.807, 2.05) is 0 Å². The van der Waals surface area contributed by atoms with E-state index in [2.05, 4.69) is 15.4 Å². The van der Waals surface area contributed by atoms with Crippen LogP contribution in [0, 0.1) is 0 Å². The smallest absolute Gasteiger partial charge is 0.306 e. The zero-order chi connectivity index (χ0) is 9.52. The van der Waals surface area contributed by atoms with E-state index in [1.165, 1.54) is 7.11 Å². The molecule has 76 valence electrons. The maximum Gasteiger partial charge on any atom is 0.306 e. The minimum atomic E-state index is -0.138. The van der Waals surface area contributed by atoms with Gasteiger partial charge in [-0.2, -0.15) is 0 Å². The Morgan fingerprint density at radius 3 is 2.85 bits per heavy atom. The van der Waals surface area contributed by atoms with Gasteiger partial charge in [-0.25, -0.2) is 0 Å². The van der Waals surface area contributed by atoms with Crippen molar-refractivity contribution in [2.75, 3.05) is 26.7 Å². The topological polar surface area (TPSA) is 50.4 Å². The molecule has 1 rings (SSSR count). The molecule has 0 aromatic heterocycles. The normalized spacial score (nSPS) is 18.5. The molecule has 1 heterocycles. The van der Waals surface area contributed by atoms with Gasteiger partial charge in [0.2, 0.25) is 0 Å². The third kappa shape index (κ3) is 4.24. The molecule has 0 amide bonds. The van der Waals surface area contributed by atoms with Gasteiger partial charge in [-0.05, 0) is 25.9 Å². The number of carbonyl (C=O) groups is 1. The van der Waals surface area contributed by atoms with Gasteiger partial charge in [-0.3, -0.25) is 4.79 Å². The number of hydrogen-bond acceptors (Lipinski definition) is 4. The van der Waals surface area contributed by atoms with Crippen LogP contribution in [0.15, 0.2) is 0 Å². The fourth-order valence-corrected chi connectivity index (χ4v) is 1.51. The Bertz CT molecular complexity index is 156. The van der Waals surface area contributed by atoms with E-state index < -0.39 is 0 Å². The highest BCUT2D eigenvalue weighted by Gasteiger charge is 2.11. The second-order valence-corrected chi connectivity index (χ2v) is 3.30. The molecule has 0 spiro atoms. The summed E-state index contributed by atoms with van der Waals surface area (Å²) in [6.07, 6.45) is 2.78. The number of ether oxygens (including phenoxy) is 1. The molecule has 0 aromatic rings. The fraction of sp³-hybridized carbons (Fsp3) is 0.889. The highest BCUT2D eigenvalue weighted by Crippen LogP contribution is 2.01. The second-order valence-electron chi connectivity index (χ2n) is 3.30. The van der Waals surface area contributed by atoms with E-state index in [0.29, 0.717) is 12.5 Å². The highest BCUT2D eigenvalue weighted by atomic mass is 16.5. The Hall–Kier alpha value is -0.610. The fourth-order valence-electron chi connectivity index (χ4n) is 1.51. The van der Waals surface area contributed by atoms with Crippen LogP contribution in [0.4, 0.5) is 0 Å². The number of esters is 1. The van der Waals surface area contributed by atoms with Gasteiger partial charge in [0.05, 0.1) is 13.5 Å². The summed E-state index contributed by atoms with van der Waals surface area (Å²) in [7, 11) is 1.42. The van der Waals surface area contributed by atoms with Crippen molar-refractivity contribution in [3.05, 3.63) is 0 Å². The summed E-state index contributed by atoms with van der Waals surface area (Å²) in [6.45, 7) is 2.89. The number of piperidine rings is 1. The summed E-state index contributed by atoms with van der Waals surface area (Å²) in [4.78, 5) is 10.8. The van der Waals surface area contributed by atoms with Crippen molar-refractivity contribution < 1.29 is 9.53 Å². The molecule has 0 aromatic carbocycles. The van der Waals surface area contributed by atoms with E-state index in [9.17, 15) is 4.79 Å². The van der Waals surface area contributed by atoms with Crippen molar-refractivity contribution in [3.8, 4) is 0 Å². The zero-order valence-corrected chi connectivity index (χ0v) is 8.14. The van der Waals surface area contributed by atoms with Crippen LogP contribution in [-0.2, 0) is 9.53 Å². The van der Waals surface area contributed by atoms with Crippen LogP contribution in [0.5, 0.6) is 0 Å². The second kappa shape index (κ2) is 5.94. The highest BCUT2D eigenvalue weighted by molar-refractivity contribution is 5.69.